The number of carbonyl (C=O) groups excluding carboxylic acids is 2. The zero-order valence-corrected chi connectivity index (χ0v) is 8.69. The van der Waals surface area contributed by atoms with Crippen LogP contribution >= 0.6 is 0 Å². The maximum Gasteiger partial charge on any atom is 0.328 e. The van der Waals surface area contributed by atoms with E-state index in [4.69, 9.17) is 5.11 Å². The van der Waals surface area contributed by atoms with Gasteiger partial charge < -0.3 is 15.3 Å². The van der Waals surface area contributed by atoms with Crippen LogP contribution in [-0.2, 0) is 14.4 Å². The molecule has 0 rings (SSSR count). The standard InChI is InChI=1S/C9H14N2O4/c1-11(2)8(13)5-6-10-7(12)3-4-9(14)15/h3-4H,5-6H2,1-2H3,(H,10,12)(H,14,15)/b4-3+. The van der Waals surface area contributed by atoms with Gasteiger partial charge in [0.1, 0.15) is 0 Å². The summed E-state index contributed by atoms with van der Waals surface area (Å²) in [6, 6.07) is 0. The molecular weight excluding hydrogens is 200 g/mol. The Bertz CT molecular complexity index is 284. The van der Waals surface area contributed by atoms with Gasteiger partial charge in [0.2, 0.25) is 11.8 Å². The topological polar surface area (TPSA) is 86.7 Å². The Morgan fingerprint density at radius 3 is 2.33 bits per heavy atom. The van der Waals surface area contributed by atoms with Crippen LogP contribution in [0.2, 0.25) is 0 Å². The first-order valence-electron chi connectivity index (χ1n) is 4.32. The third-order valence-electron chi connectivity index (χ3n) is 1.51. The Labute approximate surface area is 87.6 Å². The summed E-state index contributed by atoms with van der Waals surface area (Å²) < 4.78 is 0. The zero-order chi connectivity index (χ0) is 11.8. The van der Waals surface area contributed by atoms with Crippen molar-refractivity contribution >= 4 is 17.8 Å². The first kappa shape index (κ1) is 13.2. The van der Waals surface area contributed by atoms with Gasteiger partial charge in [0.15, 0.2) is 0 Å². The molecule has 0 aromatic carbocycles. The molecule has 0 radical (unpaired) electrons. The number of carbonyl (C=O) groups is 3. The first-order chi connectivity index (χ1) is 6.93. The second-order valence-corrected chi connectivity index (χ2v) is 3.00. The van der Waals surface area contributed by atoms with Gasteiger partial charge in [-0.15, -0.1) is 0 Å². The summed E-state index contributed by atoms with van der Waals surface area (Å²) in [6.07, 6.45) is 1.84. The number of aliphatic carboxylic acids is 1. The summed E-state index contributed by atoms with van der Waals surface area (Å²) in [4.78, 5) is 33.4. The Kier molecular flexibility index (Phi) is 5.77. The lowest BCUT2D eigenvalue weighted by Crippen LogP contribution is -2.29. The third kappa shape index (κ3) is 7.24. The van der Waals surface area contributed by atoms with Gasteiger partial charge in [-0.05, 0) is 0 Å². The molecular formula is C9H14N2O4. The SMILES string of the molecule is CN(C)C(=O)CCNC(=O)/C=C/C(=O)O. The highest BCUT2D eigenvalue weighted by Crippen LogP contribution is 1.85. The lowest BCUT2D eigenvalue weighted by molar-refractivity contribution is -0.132. The molecule has 0 atom stereocenters. The van der Waals surface area contributed by atoms with Crippen molar-refractivity contribution in [2.45, 2.75) is 6.42 Å². The largest absolute Gasteiger partial charge is 0.478 e. The number of carboxylic acid groups (broad SMARTS) is 1. The highest BCUT2D eigenvalue weighted by molar-refractivity contribution is 5.94. The minimum atomic E-state index is -1.19. The van der Waals surface area contributed by atoms with E-state index in [-0.39, 0.29) is 18.9 Å². The number of hydrogen-bond donors (Lipinski definition) is 2. The fourth-order valence-electron chi connectivity index (χ4n) is 0.722. The molecule has 0 saturated carbocycles. The average molecular weight is 214 g/mol. The number of rotatable bonds is 5. The van der Waals surface area contributed by atoms with E-state index in [1.54, 1.807) is 14.1 Å². The van der Waals surface area contributed by atoms with Gasteiger partial charge >= 0.3 is 5.97 Å². The molecule has 0 aliphatic rings. The van der Waals surface area contributed by atoms with Crippen LogP contribution in [0, 0.1) is 0 Å². The van der Waals surface area contributed by atoms with Crippen LogP contribution in [0.25, 0.3) is 0 Å². The molecule has 0 saturated heterocycles. The van der Waals surface area contributed by atoms with Crippen molar-refractivity contribution in [1.29, 1.82) is 0 Å². The zero-order valence-electron chi connectivity index (χ0n) is 8.69. The molecule has 0 heterocycles. The van der Waals surface area contributed by atoms with Crippen LogP contribution in [0.15, 0.2) is 12.2 Å². The molecule has 2 N–H and O–H groups in total. The lowest BCUT2D eigenvalue weighted by atomic mass is 10.3. The molecule has 0 aliphatic heterocycles. The number of nitrogens with one attached hydrogen (secondary N) is 1. The number of amides is 2. The summed E-state index contributed by atoms with van der Waals surface area (Å²) >= 11 is 0. The second kappa shape index (κ2) is 6.58. The highest BCUT2D eigenvalue weighted by Gasteiger charge is 2.03. The monoisotopic (exact) mass is 214 g/mol. The van der Waals surface area contributed by atoms with E-state index in [9.17, 15) is 14.4 Å². The molecule has 0 aromatic rings. The van der Waals surface area contributed by atoms with Gasteiger partial charge in [-0.3, -0.25) is 9.59 Å². The van der Waals surface area contributed by atoms with Crippen LogP contribution in [-0.4, -0.2) is 48.4 Å². The molecule has 0 aromatic heterocycles. The van der Waals surface area contributed by atoms with Crippen molar-refractivity contribution < 1.29 is 19.5 Å². The van der Waals surface area contributed by atoms with Crippen molar-refractivity contribution in [2.75, 3.05) is 20.6 Å². The van der Waals surface area contributed by atoms with E-state index >= 15 is 0 Å². The highest BCUT2D eigenvalue weighted by atomic mass is 16.4. The molecule has 2 amide bonds. The molecule has 0 fully saturated rings. The molecule has 0 unspecified atom stereocenters. The van der Waals surface area contributed by atoms with Gasteiger partial charge in [0, 0.05) is 39.2 Å². The van der Waals surface area contributed by atoms with Crippen molar-refractivity contribution in [3.8, 4) is 0 Å². The van der Waals surface area contributed by atoms with E-state index in [1.165, 1.54) is 4.90 Å². The normalized spacial score (nSPS) is 10.0. The van der Waals surface area contributed by atoms with Crippen LogP contribution in [0.3, 0.4) is 0 Å². The van der Waals surface area contributed by atoms with Gasteiger partial charge in [-0.1, -0.05) is 0 Å². The number of hydrogen-bond acceptors (Lipinski definition) is 3. The summed E-state index contributed by atoms with van der Waals surface area (Å²) in [6.45, 7) is 0.194. The molecule has 84 valence electrons. The Hall–Kier alpha value is -1.85. The minimum absolute atomic E-state index is 0.0995. The van der Waals surface area contributed by atoms with Crippen LogP contribution in [0.1, 0.15) is 6.42 Å². The molecule has 0 bridgehead atoms. The quantitative estimate of drug-likeness (QED) is 0.588. The van der Waals surface area contributed by atoms with Crippen LogP contribution < -0.4 is 5.32 Å². The van der Waals surface area contributed by atoms with E-state index in [0.717, 1.165) is 12.2 Å². The van der Waals surface area contributed by atoms with Crippen molar-refractivity contribution in [2.24, 2.45) is 0 Å². The smallest absolute Gasteiger partial charge is 0.328 e. The predicted molar refractivity (Wildman–Crippen MR) is 53.1 cm³/mol. The molecule has 0 spiro atoms. The molecule has 0 aliphatic carbocycles. The fourth-order valence-corrected chi connectivity index (χ4v) is 0.722. The Balaban J connectivity index is 3.73. The van der Waals surface area contributed by atoms with E-state index < -0.39 is 11.9 Å². The predicted octanol–water partition coefficient (Wildman–Crippen LogP) is -0.778. The van der Waals surface area contributed by atoms with Crippen molar-refractivity contribution in [1.82, 2.24) is 10.2 Å². The van der Waals surface area contributed by atoms with E-state index in [0.29, 0.717) is 0 Å². The van der Waals surface area contributed by atoms with Gasteiger partial charge in [0.05, 0.1) is 0 Å². The van der Waals surface area contributed by atoms with Gasteiger partial charge in [-0.25, -0.2) is 4.79 Å². The lowest BCUT2D eigenvalue weighted by Gasteiger charge is -2.09. The molecule has 6 nitrogen and oxygen atoms in total. The van der Waals surface area contributed by atoms with Crippen LogP contribution in [0.4, 0.5) is 0 Å². The Morgan fingerprint density at radius 2 is 1.87 bits per heavy atom. The summed E-state index contributed by atoms with van der Waals surface area (Å²) in [5.74, 6) is -1.81. The summed E-state index contributed by atoms with van der Waals surface area (Å²) in [5, 5.41) is 10.6. The maximum absolute atomic E-state index is 11.1. The van der Waals surface area contributed by atoms with Crippen molar-refractivity contribution in [3.63, 3.8) is 0 Å². The average Bonchev–Trinajstić information content (AvgIpc) is 2.14. The van der Waals surface area contributed by atoms with E-state index in [2.05, 4.69) is 5.32 Å². The molecule has 6 heteroatoms. The molecule has 15 heavy (non-hydrogen) atoms. The summed E-state index contributed by atoms with van der Waals surface area (Å²) in [5.41, 5.74) is 0. The van der Waals surface area contributed by atoms with Gasteiger partial charge in [0.25, 0.3) is 0 Å². The summed E-state index contributed by atoms with van der Waals surface area (Å²) in [7, 11) is 3.24. The Morgan fingerprint density at radius 1 is 1.27 bits per heavy atom. The number of nitrogens with zero attached hydrogens (tertiary/aromatic N) is 1. The van der Waals surface area contributed by atoms with Crippen LogP contribution in [0.5, 0.6) is 0 Å². The first-order valence-corrected chi connectivity index (χ1v) is 4.32. The third-order valence-corrected chi connectivity index (χ3v) is 1.51. The number of carboxylic acids is 1. The fraction of sp³-hybridized carbons (Fsp3) is 0.444. The van der Waals surface area contributed by atoms with Crippen molar-refractivity contribution in [3.05, 3.63) is 12.2 Å². The second-order valence-electron chi connectivity index (χ2n) is 3.00. The minimum Gasteiger partial charge on any atom is -0.478 e. The van der Waals surface area contributed by atoms with E-state index in [1.807, 2.05) is 0 Å². The van der Waals surface area contributed by atoms with Gasteiger partial charge in [-0.2, -0.15) is 0 Å². The maximum atomic E-state index is 11.1.